The van der Waals surface area contributed by atoms with Crippen molar-refractivity contribution in [2.45, 2.75) is 0 Å². The van der Waals surface area contributed by atoms with Gasteiger partial charge in [0.2, 0.25) is 0 Å². The maximum absolute atomic E-state index is 14.6. The molecule has 0 aliphatic carbocycles. The monoisotopic (exact) mass is 624 g/mol. The van der Waals surface area contributed by atoms with Gasteiger partial charge in [0.15, 0.2) is 0 Å². The van der Waals surface area contributed by atoms with Crippen molar-refractivity contribution >= 4 is 63.0 Å². The molecule has 12 heteroatoms. The van der Waals surface area contributed by atoms with Crippen LogP contribution in [-0.2, 0) is 0 Å². The van der Waals surface area contributed by atoms with Gasteiger partial charge >= 0.3 is 209 Å². The average molecular weight is 622 g/mol. The first kappa shape index (κ1) is 24.0. The Balaban J connectivity index is 2.34. The zero-order valence-electron chi connectivity index (χ0n) is 16.2. The Bertz CT molecular complexity index is 1700. The van der Waals surface area contributed by atoms with Crippen molar-refractivity contribution in [1.82, 2.24) is 0 Å². The molecule has 0 spiro atoms. The van der Waals surface area contributed by atoms with Crippen molar-refractivity contribution in [3.63, 3.8) is 0 Å². The van der Waals surface area contributed by atoms with Gasteiger partial charge in [-0.05, 0) is 0 Å². The molecule has 34 heavy (non-hydrogen) atoms. The summed E-state index contributed by atoms with van der Waals surface area (Å²) in [7, 11) is 0. The SMILES string of the molecule is [C-]#[N+]/C(C#N)=c1\cc(-c2cc(F)sc2F)/c(=c2\[se]c(=C(C#N)C#N)cc2-c2cc(F)sc2F)[se]1. The zero-order valence-corrected chi connectivity index (χ0v) is 21.3. The second kappa shape index (κ2) is 9.59. The van der Waals surface area contributed by atoms with E-state index < -0.39 is 49.5 Å². The first-order valence-electron chi connectivity index (χ1n) is 8.82. The van der Waals surface area contributed by atoms with Crippen molar-refractivity contribution in [3.8, 4) is 40.5 Å². The molecule has 0 radical (unpaired) electrons. The minimum absolute atomic E-state index is 0.0746. The van der Waals surface area contributed by atoms with Crippen LogP contribution in [0.2, 0.25) is 0 Å². The maximum atomic E-state index is 14.6. The Kier molecular flexibility index (Phi) is 6.76. The van der Waals surface area contributed by atoms with Crippen LogP contribution in [0.4, 0.5) is 17.6 Å². The topological polar surface area (TPSA) is 75.7 Å². The Morgan fingerprint density at radius 2 is 1.21 bits per heavy atom. The third-order valence-electron chi connectivity index (χ3n) is 4.49. The Morgan fingerprint density at radius 3 is 1.59 bits per heavy atom. The van der Waals surface area contributed by atoms with E-state index in [1.54, 1.807) is 18.2 Å². The summed E-state index contributed by atoms with van der Waals surface area (Å²) in [6.07, 6.45) is 0. The molecule has 4 heterocycles. The van der Waals surface area contributed by atoms with Gasteiger partial charge < -0.3 is 0 Å². The standard InChI is InChI=1S/C22H4F4N4S2Se2/c1-30-14(8-29)16-3-11(13-5-18(24)32-22(13)26)20(34-16)19-10(12-4-17(23)31-21(12)25)2-15(33-19)9(6-27)7-28/h2-5H/b16-14+,20-19+. The molecule has 0 unspecified atom stereocenters. The molecule has 0 aromatic carbocycles. The molecule has 0 amide bonds. The van der Waals surface area contributed by atoms with E-state index in [2.05, 4.69) is 4.85 Å². The minimum atomic E-state index is -0.812. The van der Waals surface area contributed by atoms with Crippen LogP contribution < -0.4 is 8.19 Å². The van der Waals surface area contributed by atoms with Gasteiger partial charge in [-0.25, -0.2) is 0 Å². The second-order valence-corrected chi connectivity index (χ2v) is 12.7. The van der Waals surface area contributed by atoms with Gasteiger partial charge in [-0.3, -0.25) is 0 Å². The van der Waals surface area contributed by atoms with Crippen LogP contribution in [0, 0.1) is 69.3 Å². The van der Waals surface area contributed by atoms with Crippen molar-refractivity contribution in [2.24, 2.45) is 0 Å². The molecule has 0 fully saturated rings. The third kappa shape index (κ3) is 4.21. The third-order valence-corrected chi connectivity index (χ3v) is 11.5. The Labute approximate surface area is 208 Å². The predicted molar refractivity (Wildman–Crippen MR) is 120 cm³/mol. The van der Waals surface area contributed by atoms with Crippen molar-refractivity contribution in [2.75, 3.05) is 0 Å². The van der Waals surface area contributed by atoms with Gasteiger partial charge in [0.05, 0.1) is 0 Å². The number of rotatable bonds is 2. The van der Waals surface area contributed by atoms with E-state index >= 15 is 0 Å². The van der Waals surface area contributed by atoms with Gasteiger partial charge in [-0.15, -0.1) is 0 Å². The molecule has 4 rings (SSSR count). The van der Waals surface area contributed by atoms with Crippen molar-refractivity contribution in [1.29, 1.82) is 15.8 Å². The van der Waals surface area contributed by atoms with Crippen molar-refractivity contribution in [3.05, 3.63) is 72.6 Å². The summed E-state index contributed by atoms with van der Waals surface area (Å²) in [6, 6.07) is 10.2. The average Bonchev–Trinajstić information content (AvgIpc) is 3.55. The summed E-state index contributed by atoms with van der Waals surface area (Å²) in [5.74, 6) is 0. The summed E-state index contributed by atoms with van der Waals surface area (Å²) < 4.78 is 58.4. The molecule has 4 aromatic heterocycles. The van der Waals surface area contributed by atoms with Crippen LogP contribution in [0.15, 0.2) is 24.3 Å². The molecule has 0 saturated carbocycles. The summed E-state index contributed by atoms with van der Waals surface area (Å²) in [5, 5.41) is 24.8. The van der Waals surface area contributed by atoms with E-state index in [-0.39, 0.29) is 33.5 Å². The van der Waals surface area contributed by atoms with E-state index in [0.717, 1.165) is 12.1 Å². The summed E-state index contributed by atoms with van der Waals surface area (Å²) >= 11 is -0.879. The predicted octanol–water partition coefficient (Wildman–Crippen LogP) is 3.85. The van der Waals surface area contributed by atoms with E-state index in [0.29, 0.717) is 39.0 Å². The fraction of sp³-hybridized carbons (Fsp3) is 0. The van der Waals surface area contributed by atoms with E-state index in [1.165, 1.54) is 12.1 Å². The molecular weight excluding hydrogens is 618 g/mol. The van der Waals surface area contributed by atoms with Crippen LogP contribution >= 0.6 is 22.7 Å². The van der Waals surface area contributed by atoms with Gasteiger partial charge in [0.25, 0.3) is 0 Å². The molecule has 0 saturated heterocycles. The molecule has 0 bridgehead atoms. The van der Waals surface area contributed by atoms with Crippen LogP contribution in [0.1, 0.15) is 0 Å². The second-order valence-electron chi connectivity index (χ2n) is 6.35. The van der Waals surface area contributed by atoms with Gasteiger partial charge in [-0.1, -0.05) is 0 Å². The summed E-state index contributed by atoms with van der Waals surface area (Å²) in [4.78, 5) is 3.21. The molecular formula is C22H4F4N4S2Se2. The van der Waals surface area contributed by atoms with Gasteiger partial charge in [-0.2, -0.15) is 0 Å². The number of hydrogen-bond donors (Lipinski definition) is 0. The van der Waals surface area contributed by atoms with Gasteiger partial charge in [0.1, 0.15) is 0 Å². The van der Waals surface area contributed by atoms with Crippen LogP contribution in [0.3, 0.4) is 0 Å². The molecule has 0 aliphatic rings. The van der Waals surface area contributed by atoms with E-state index in [4.69, 9.17) is 6.57 Å². The summed E-state index contributed by atoms with van der Waals surface area (Å²) in [6.45, 7) is 7.26. The van der Waals surface area contributed by atoms with Crippen LogP contribution in [0.5, 0.6) is 0 Å². The Morgan fingerprint density at radius 1 is 0.735 bits per heavy atom. The number of nitrogens with zero attached hydrogens (tertiary/aromatic N) is 4. The Hall–Kier alpha value is -3.18. The molecule has 4 nitrogen and oxygen atoms in total. The number of thiophene rings is 2. The van der Waals surface area contributed by atoms with Gasteiger partial charge in [0, 0.05) is 0 Å². The summed E-state index contributed by atoms with van der Waals surface area (Å²) in [5.41, 5.74) is -0.0836. The first-order valence-corrected chi connectivity index (χ1v) is 13.9. The molecule has 164 valence electrons. The number of nitriles is 3. The molecule has 0 N–H and O–H groups in total. The number of halogens is 4. The quantitative estimate of drug-likeness (QED) is 0.194. The fourth-order valence-electron chi connectivity index (χ4n) is 3.08. The van der Waals surface area contributed by atoms with Crippen LogP contribution in [0.25, 0.3) is 38.4 Å². The van der Waals surface area contributed by atoms with Crippen molar-refractivity contribution < 1.29 is 17.6 Å². The first-order chi connectivity index (χ1) is 16.3. The van der Waals surface area contributed by atoms with Crippen LogP contribution in [-0.4, -0.2) is 29.0 Å². The molecule has 0 aliphatic heterocycles. The molecule has 4 aromatic rings. The van der Waals surface area contributed by atoms with E-state index in [1.807, 2.05) is 0 Å². The fourth-order valence-corrected chi connectivity index (χ4v) is 9.72. The normalized spacial score (nSPS) is 12.4. The van der Waals surface area contributed by atoms with E-state index in [9.17, 15) is 33.3 Å². The number of hydrogen-bond acceptors (Lipinski definition) is 5. The molecule has 0 atom stereocenters. The zero-order chi connectivity index (χ0) is 24.6.